The molecule has 0 bridgehead atoms. The van der Waals surface area contributed by atoms with Crippen LogP contribution < -0.4 is 0 Å². The van der Waals surface area contributed by atoms with Crippen LogP contribution in [0, 0.1) is 5.92 Å². The molecule has 122 valence electrons. The van der Waals surface area contributed by atoms with Gasteiger partial charge in [-0.05, 0) is 38.9 Å². The zero-order valence-electron chi connectivity index (χ0n) is 13.5. The summed E-state index contributed by atoms with van der Waals surface area (Å²) in [6, 6.07) is 7.65. The van der Waals surface area contributed by atoms with Gasteiger partial charge in [-0.15, -0.1) is 0 Å². The number of piperidine rings is 1. The van der Waals surface area contributed by atoms with Crippen LogP contribution in [0.5, 0.6) is 0 Å². The van der Waals surface area contributed by atoms with Crippen molar-refractivity contribution in [2.24, 2.45) is 5.92 Å². The summed E-state index contributed by atoms with van der Waals surface area (Å²) in [6.07, 6.45) is 3.29. The molecule has 3 rings (SSSR count). The largest absolute Gasteiger partial charge is 0.469 e. The summed E-state index contributed by atoms with van der Waals surface area (Å²) in [6.45, 7) is 3.44. The molecule has 2 aromatic rings. The summed E-state index contributed by atoms with van der Waals surface area (Å²) in [5.41, 5.74) is 1.72. The maximum absolute atomic E-state index is 12.8. The lowest BCUT2D eigenvalue weighted by Crippen LogP contribution is -2.45. The first kappa shape index (κ1) is 15.7. The van der Waals surface area contributed by atoms with Gasteiger partial charge in [-0.1, -0.05) is 18.2 Å². The van der Waals surface area contributed by atoms with Gasteiger partial charge in [0.2, 0.25) is 0 Å². The Morgan fingerprint density at radius 3 is 2.65 bits per heavy atom. The number of Topliss-reactive ketones (excluding diaryl/α,β-unsaturated/α-hetero) is 1. The molecule has 1 N–H and O–H groups in total. The van der Waals surface area contributed by atoms with Gasteiger partial charge < -0.3 is 9.72 Å². The Balaban J connectivity index is 1.70. The number of ketones is 1. The Hall–Kier alpha value is -2.14. The fraction of sp³-hybridized carbons (Fsp3) is 0.444. The highest BCUT2D eigenvalue weighted by atomic mass is 16.5. The standard InChI is InChI=1S/C18H22N2O3/c1-12(20-9-7-13(8-10-20)18(22)23-2)17(21)15-11-19-16-6-4-3-5-14(15)16/h3-6,11-13,19H,7-10H2,1-2H3. The van der Waals surface area contributed by atoms with Crippen LogP contribution in [0.4, 0.5) is 0 Å². The second-order valence-electron chi connectivity index (χ2n) is 6.12. The van der Waals surface area contributed by atoms with E-state index < -0.39 is 0 Å². The molecule has 0 radical (unpaired) electrons. The number of benzene rings is 1. The van der Waals surface area contributed by atoms with Crippen molar-refractivity contribution < 1.29 is 14.3 Å². The molecule has 0 amide bonds. The van der Waals surface area contributed by atoms with E-state index in [2.05, 4.69) is 9.88 Å². The molecule has 5 heteroatoms. The highest BCUT2D eigenvalue weighted by Gasteiger charge is 2.31. The van der Waals surface area contributed by atoms with Gasteiger partial charge >= 0.3 is 5.97 Å². The van der Waals surface area contributed by atoms with E-state index in [1.165, 1.54) is 7.11 Å². The number of nitrogens with one attached hydrogen (secondary N) is 1. The second kappa shape index (κ2) is 6.54. The number of carbonyl (C=O) groups excluding carboxylic acids is 2. The van der Waals surface area contributed by atoms with Crippen LogP contribution in [0.1, 0.15) is 30.1 Å². The fourth-order valence-corrected chi connectivity index (χ4v) is 3.36. The molecule has 1 aliphatic rings. The van der Waals surface area contributed by atoms with E-state index in [0.717, 1.165) is 42.4 Å². The van der Waals surface area contributed by atoms with Crippen molar-refractivity contribution in [3.63, 3.8) is 0 Å². The number of H-pyrrole nitrogens is 1. The topological polar surface area (TPSA) is 62.4 Å². The zero-order chi connectivity index (χ0) is 16.4. The average molecular weight is 314 g/mol. The maximum Gasteiger partial charge on any atom is 0.308 e. The molecule has 2 heterocycles. The minimum absolute atomic E-state index is 0.0355. The predicted octanol–water partition coefficient (Wildman–Crippen LogP) is 2.62. The SMILES string of the molecule is COC(=O)C1CCN(C(C)C(=O)c2c[nH]c3ccccc23)CC1. The summed E-state index contributed by atoms with van der Waals surface area (Å²) in [7, 11) is 1.43. The number of aromatic nitrogens is 1. The summed E-state index contributed by atoms with van der Waals surface area (Å²) in [4.78, 5) is 29.7. The Kier molecular flexibility index (Phi) is 4.48. The molecule has 1 aromatic heterocycles. The van der Waals surface area contributed by atoms with E-state index in [1.807, 2.05) is 31.2 Å². The molecule has 1 atom stereocenters. The Bertz CT molecular complexity index is 714. The molecule has 1 fully saturated rings. The molecule has 1 saturated heterocycles. The van der Waals surface area contributed by atoms with Gasteiger partial charge in [-0.2, -0.15) is 0 Å². The third-order valence-electron chi connectivity index (χ3n) is 4.85. The van der Waals surface area contributed by atoms with Crippen molar-refractivity contribution >= 4 is 22.7 Å². The number of ether oxygens (including phenoxy) is 1. The highest BCUT2D eigenvalue weighted by Crippen LogP contribution is 2.24. The molecule has 0 aliphatic carbocycles. The van der Waals surface area contributed by atoms with Crippen molar-refractivity contribution in [3.8, 4) is 0 Å². The number of rotatable bonds is 4. The molecule has 5 nitrogen and oxygen atoms in total. The van der Waals surface area contributed by atoms with Crippen LogP contribution in [-0.4, -0.2) is 47.9 Å². The van der Waals surface area contributed by atoms with E-state index in [0.29, 0.717) is 0 Å². The molecule has 0 saturated carbocycles. The monoisotopic (exact) mass is 314 g/mol. The van der Waals surface area contributed by atoms with Crippen LogP contribution in [-0.2, 0) is 9.53 Å². The molecule has 1 aliphatic heterocycles. The van der Waals surface area contributed by atoms with Crippen molar-refractivity contribution in [1.82, 2.24) is 9.88 Å². The second-order valence-corrected chi connectivity index (χ2v) is 6.12. The Labute approximate surface area is 135 Å². The highest BCUT2D eigenvalue weighted by molar-refractivity contribution is 6.10. The minimum atomic E-state index is -0.187. The Morgan fingerprint density at radius 1 is 1.26 bits per heavy atom. The van der Waals surface area contributed by atoms with Crippen LogP contribution in [0.3, 0.4) is 0 Å². The van der Waals surface area contributed by atoms with Gasteiger partial charge in [0.15, 0.2) is 5.78 Å². The third-order valence-corrected chi connectivity index (χ3v) is 4.85. The van der Waals surface area contributed by atoms with E-state index >= 15 is 0 Å². The van der Waals surface area contributed by atoms with E-state index in [-0.39, 0.29) is 23.7 Å². The van der Waals surface area contributed by atoms with Crippen LogP contribution >= 0.6 is 0 Å². The number of carbonyl (C=O) groups is 2. The summed E-state index contributed by atoms with van der Waals surface area (Å²) < 4.78 is 4.81. The number of esters is 1. The Morgan fingerprint density at radius 2 is 1.96 bits per heavy atom. The lowest BCUT2D eigenvalue weighted by atomic mass is 9.94. The minimum Gasteiger partial charge on any atom is -0.469 e. The maximum atomic E-state index is 12.8. The molecule has 1 aromatic carbocycles. The van der Waals surface area contributed by atoms with E-state index in [4.69, 9.17) is 4.74 Å². The first-order valence-corrected chi connectivity index (χ1v) is 8.04. The van der Waals surface area contributed by atoms with Crippen LogP contribution in [0.15, 0.2) is 30.5 Å². The molecule has 1 unspecified atom stereocenters. The number of methoxy groups -OCH3 is 1. The average Bonchev–Trinajstić information content (AvgIpc) is 3.04. The number of hydrogen-bond donors (Lipinski definition) is 1. The predicted molar refractivity (Wildman–Crippen MR) is 88.4 cm³/mol. The number of aromatic amines is 1. The first-order valence-electron chi connectivity index (χ1n) is 8.04. The van der Waals surface area contributed by atoms with E-state index in [9.17, 15) is 9.59 Å². The third kappa shape index (κ3) is 3.01. The van der Waals surface area contributed by atoms with Crippen molar-refractivity contribution in [2.45, 2.75) is 25.8 Å². The number of likely N-dealkylation sites (tertiary alicyclic amines) is 1. The van der Waals surface area contributed by atoms with Crippen molar-refractivity contribution in [2.75, 3.05) is 20.2 Å². The molecular weight excluding hydrogens is 292 g/mol. The first-order chi connectivity index (χ1) is 11.1. The van der Waals surface area contributed by atoms with Gasteiger partial charge in [0.05, 0.1) is 19.1 Å². The number of hydrogen-bond acceptors (Lipinski definition) is 4. The van der Waals surface area contributed by atoms with Gasteiger partial charge in [0.1, 0.15) is 0 Å². The summed E-state index contributed by atoms with van der Waals surface area (Å²) in [5.74, 6) is -0.0501. The molecule has 23 heavy (non-hydrogen) atoms. The number of para-hydroxylation sites is 1. The summed E-state index contributed by atoms with van der Waals surface area (Å²) >= 11 is 0. The van der Waals surface area contributed by atoms with Crippen molar-refractivity contribution in [3.05, 3.63) is 36.0 Å². The molecular formula is C18H22N2O3. The lowest BCUT2D eigenvalue weighted by Gasteiger charge is -2.34. The quantitative estimate of drug-likeness (QED) is 0.696. The van der Waals surface area contributed by atoms with E-state index in [1.54, 1.807) is 6.20 Å². The lowest BCUT2D eigenvalue weighted by molar-refractivity contribution is -0.147. The van der Waals surface area contributed by atoms with Gasteiger partial charge in [-0.3, -0.25) is 14.5 Å². The van der Waals surface area contributed by atoms with Gasteiger partial charge in [0, 0.05) is 22.7 Å². The van der Waals surface area contributed by atoms with Crippen LogP contribution in [0.25, 0.3) is 10.9 Å². The normalized spacial score (nSPS) is 18.0. The summed E-state index contributed by atoms with van der Waals surface area (Å²) in [5, 5.41) is 0.966. The smallest absolute Gasteiger partial charge is 0.308 e. The van der Waals surface area contributed by atoms with Gasteiger partial charge in [-0.25, -0.2) is 0 Å². The van der Waals surface area contributed by atoms with Gasteiger partial charge in [0.25, 0.3) is 0 Å². The molecule has 0 spiro atoms. The van der Waals surface area contributed by atoms with Crippen LogP contribution in [0.2, 0.25) is 0 Å². The number of fused-ring (bicyclic) bond motifs is 1. The number of nitrogens with zero attached hydrogens (tertiary/aromatic N) is 1. The fourth-order valence-electron chi connectivity index (χ4n) is 3.36. The zero-order valence-corrected chi connectivity index (χ0v) is 13.5. The van der Waals surface area contributed by atoms with Crippen molar-refractivity contribution in [1.29, 1.82) is 0 Å².